The fourth-order valence-corrected chi connectivity index (χ4v) is 1.30. The molecule has 0 aromatic rings. The van der Waals surface area contributed by atoms with Crippen LogP contribution in [0.1, 0.15) is 0 Å². The molecular weight excluding hydrogens is 240 g/mol. The molecule has 18 heavy (non-hydrogen) atoms. The van der Waals surface area contributed by atoms with E-state index >= 15 is 0 Å². The summed E-state index contributed by atoms with van der Waals surface area (Å²) in [5, 5.41) is 7.27. The van der Waals surface area contributed by atoms with E-state index in [1.807, 2.05) is 0 Å². The molecule has 0 aliphatic carbocycles. The van der Waals surface area contributed by atoms with Gasteiger partial charge in [0, 0.05) is 19.6 Å². The Morgan fingerprint density at radius 2 is 0.889 bits per heavy atom. The van der Waals surface area contributed by atoms with Crippen molar-refractivity contribution in [1.29, 1.82) is 0 Å². The molecule has 0 saturated carbocycles. The Kier molecular flexibility index (Phi) is 5.01. The molecule has 3 atom stereocenters. The van der Waals surface area contributed by atoms with Crippen LogP contribution in [0.3, 0.4) is 0 Å². The fraction of sp³-hybridized carbons (Fsp3) is 0.667. The molecule has 1 fully saturated rings. The van der Waals surface area contributed by atoms with E-state index in [0.717, 1.165) is 0 Å². The average Bonchev–Trinajstić information content (AvgIpc) is 2.36. The molecule has 0 aromatic heterocycles. The smallest absolute Gasteiger partial charge is 0.238 e. The third-order valence-electron chi connectivity index (χ3n) is 2.50. The van der Waals surface area contributed by atoms with Crippen molar-refractivity contribution in [2.75, 3.05) is 19.6 Å². The van der Waals surface area contributed by atoms with Gasteiger partial charge in [-0.2, -0.15) is 0 Å². The number of carbonyl (C=O) groups is 3. The van der Waals surface area contributed by atoms with Crippen LogP contribution in [-0.2, 0) is 14.4 Å². The summed E-state index contributed by atoms with van der Waals surface area (Å²) < 4.78 is 0. The lowest BCUT2D eigenvalue weighted by molar-refractivity contribution is -0.125. The van der Waals surface area contributed by atoms with Gasteiger partial charge in [0.25, 0.3) is 0 Å². The Morgan fingerprint density at radius 3 is 1.11 bits per heavy atom. The minimum Gasteiger partial charge on any atom is -0.353 e. The molecule has 1 saturated heterocycles. The third kappa shape index (κ3) is 3.95. The molecule has 0 aromatic carbocycles. The Balaban J connectivity index is 2.70. The monoisotopic (exact) mass is 258 g/mol. The van der Waals surface area contributed by atoms with Crippen LogP contribution in [-0.4, -0.2) is 55.5 Å². The zero-order chi connectivity index (χ0) is 13.7. The number of hydrogen-bond donors (Lipinski definition) is 6. The maximum absolute atomic E-state index is 11.5. The number of nitrogens with one attached hydrogen (secondary N) is 3. The minimum atomic E-state index is -0.907. The van der Waals surface area contributed by atoms with E-state index < -0.39 is 35.8 Å². The number of nitrogens with two attached hydrogens (primary N) is 3. The molecule has 1 rings (SSSR count). The first-order chi connectivity index (χ1) is 8.41. The SMILES string of the molecule is N[C@H]1CNC(=O)[C@@H](N)CNC(=O)[C@@H](N)CNC1=O. The van der Waals surface area contributed by atoms with Gasteiger partial charge in [0.1, 0.15) is 18.1 Å². The van der Waals surface area contributed by atoms with Crippen LogP contribution >= 0.6 is 0 Å². The minimum absolute atomic E-state index is 0.0262. The predicted octanol–water partition coefficient (Wildman–Crippen LogP) is -4.67. The summed E-state index contributed by atoms with van der Waals surface area (Å²) in [5.74, 6) is -1.48. The summed E-state index contributed by atoms with van der Waals surface area (Å²) in [7, 11) is 0. The Bertz CT molecular complexity index is 295. The van der Waals surface area contributed by atoms with Gasteiger partial charge in [0.15, 0.2) is 0 Å². The number of hydrogen-bond acceptors (Lipinski definition) is 6. The van der Waals surface area contributed by atoms with E-state index in [4.69, 9.17) is 17.2 Å². The Morgan fingerprint density at radius 1 is 0.667 bits per heavy atom. The second kappa shape index (κ2) is 6.28. The van der Waals surface area contributed by atoms with Crippen LogP contribution in [0.5, 0.6) is 0 Å². The highest BCUT2D eigenvalue weighted by Gasteiger charge is 2.22. The molecule has 9 nitrogen and oxygen atoms in total. The topological polar surface area (TPSA) is 165 Å². The van der Waals surface area contributed by atoms with Crippen LogP contribution in [0, 0.1) is 0 Å². The quantitative estimate of drug-likeness (QED) is 0.255. The molecule has 1 aliphatic rings. The fourth-order valence-electron chi connectivity index (χ4n) is 1.30. The van der Waals surface area contributed by atoms with Crippen molar-refractivity contribution in [3.8, 4) is 0 Å². The van der Waals surface area contributed by atoms with Gasteiger partial charge in [-0.05, 0) is 0 Å². The van der Waals surface area contributed by atoms with Crippen molar-refractivity contribution in [3.63, 3.8) is 0 Å². The van der Waals surface area contributed by atoms with Crippen LogP contribution < -0.4 is 33.2 Å². The highest BCUT2D eigenvalue weighted by Crippen LogP contribution is 1.86. The van der Waals surface area contributed by atoms with E-state index in [1.54, 1.807) is 0 Å². The first kappa shape index (κ1) is 14.4. The van der Waals surface area contributed by atoms with Gasteiger partial charge in [-0.25, -0.2) is 0 Å². The van der Waals surface area contributed by atoms with Gasteiger partial charge in [0.05, 0.1) is 0 Å². The lowest BCUT2D eigenvalue weighted by Gasteiger charge is -2.20. The van der Waals surface area contributed by atoms with Crippen molar-refractivity contribution < 1.29 is 14.4 Å². The maximum Gasteiger partial charge on any atom is 0.238 e. The van der Waals surface area contributed by atoms with Crippen molar-refractivity contribution in [1.82, 2.24) is 16.0 Å². The third-order valence-corrected chi connectivity index (χ3v) is 2.50. The Hall–Kier alpha value is -1.71. The largest absolute Gasteiger partial charge is 0.353 e. The molecule has 0 radical (unpaired) electrons. The lowest BCUT2D eigenvalue weighted by atomic mass is 10.2. The molecule has 1 aliphatic heterocycles. The molecule has 1 heterocycles. The van der Waals surface area contributed by atoms with Gasteiger partial charge in [0.2, 0.25) is 17.7 Å². The number of amides is 3. The van der Waals surface area contributed by atoms with E-state index in [2.05, 4.69) is 16.0 Å². The first-order valence-corrected chi connectivity index (χ1v) is 5.51. The molecule has 102 valence electrons. The van der Waals surface area contributed by atoms with Crippen molar-refractivity contribution in [3.05, 3.63) is 0 Å². The second-order valence-corrected chi connectivity index (χ2v) is 4.05. The molecule has 0 bridgehead atoms. The van der Waals surface area contributed by atoms with Crippen LogP contribution in [0.15, 0.2) is 0 Å². The van der Waals surface area contributed by atoms with E-state index in [-0.39, 0.29) is 19.6 Å². The van der Waals surface area contributed by atoms with Crippen LogP contribution in [0.25, 0.3) is 0 Å². The number of rotatable bonds is 0. The highest BCUT2D eigenvalue weighted by molar-refractivity contribution is 5.88. The highest BCUT2D eigenvalue weighted by atomic mass is 16.2. The zero-order valence-electron chi connectivity index (χ0n) is 9.81. The maximum atomic E-state index is 11.5. The van der Waals surface area contributed by atoms with Crippen LogP contribution in [0.2, 0.25) is 0 Å². The summed E-state index contributed by atoms with van der Waals surface area (Å²) in [4.78, 5) is 34.4. The van der Waals surface area contributed by atoms with Gasteiger partial charge in [-0.1, -0.05) is 0 Å². The molecule has 0 spiro atoms. The predicted molar refractivity (Wildman–Crippen MR) is 63.0 cm³/mol. The second-order valence-electron chi connectivity index (χ2n) is 4.05. The van der Waals surface area contributed by atoms with Crippen LogP contribution in [0.4, 0.5) is 0 Å². The van der Waals surface area contributed by atoms with Gasteiger partial charge >= 0.3 is 0 Å². The Labute approximate surface area is 104 Å². The molecule has 9 heteroatoms. The number of carbonyl (C=O) groups excluding carboxylic acids is 3. The zero-order valence-corrected chi connectivity index (χ0v) is 9.81. The normalized spacial score (nSPS) is 31.5. The van der Waals surface area contributed by atoms with E-state index in [9.17, 15) is 14.4 Å². The first-order valence-electron chi connectivity index (χ1n) is 5.51. The van der Waals surface area contributed by atoms with Crippen molar-refractivity contribution >= 4 is 17.7 Å². The van der Waals surface area contributed by atoms with Gasteiger partial charge in [-0.15, -0.1) is 0 Å². The van der Waals surface area contributed by atoms with Crippen molar-refractivity contribution in [2.24, 2.45) is 17.2 Å². The van der Waals surface area contributed by atoms with Crippen molar-refractivity contribution in [2.45, 2.75) is 18.1 Å². The van der Waals surface area contributed by atoms with E-state index in [1.165, 1.54) is 0 Å². The molecule has 3 amide bonds. The summed E-state index contributed by atoms with van der Waals surface area (Å²) in [6.07, 6.45) is 0. The summed E-state index contributed by atoms with van der Waals surface area (Å²) in [6.45, 7) is -0.0787. The van der Waals surface area contributed by atoms with Gasteiger partial charge < -0.3 is 33.2 Å². The summed E-state index contributed by atoms with van der Waals surface area (Å²) in [5.41, 5.74) is 16.6. The molecular formula is C9H18N6O3. The summed E-state index contributed by atoms with van der Waals surface area (Å²) in [6, 6.07) is -2.72. The van der Waals surface area contributed by atoms with E-state index in [0.29, 0.717) is 0 Å². The lowest BCUT2D eigenvalue weighted by Crippen LogP contribution is -2.58. The average molecular weight is 258 g/mol. The summed E-state index contributed by atoms with van der Waals surface area (Å²) >= 11 is 0. The molecule has 0 unspecified atom stereocenters. The standard InChI is InChI=1S/C9H18N6O3/c10-4-1-13-8(17)5(11)2-15-9(18)6(12)3-14-7(4)16/h4-6H,1-3,10-12H2,(H,13,17)(H,14,16)(H,15,18)/t4-,5-,6-/m0/s1. The molecule has 9 N–H and O–H groups in total. The van der Waals surface area contributed by atoms with Gasteiger partial charge in [-0.3, -0.25) is 14.4 Å².